The summed E-state index contributed by atoms with van der Waals surface area (Å²) in [4.78, 5) is 16.6. The van der Waals surface area contributed by atoms with E-state index in [1.165, 1.54) is 0 Å². The summed E-state index contributed by atoms with van der Waals surface area (Å²) in [7, 11) is 0. The molecule has 104 valence electrons. The van der Waals surface area contributed by atoms with Gasteiger partial charge in [0.1, 0.15) is 4.33 Å². The summed E-state index contributed by atoms with van der Waals surface area (Å²) in [5.41, 5.74) is 2.10. The van der Waals surface area contributed by atoms with Gasteiger partial charge >= 0.3 is 5.97 Å². The van der Waals surface area contributed by atoms with Gasteiger partial charge in [0.05, 0.1) is 17.7 Å². The van der Waals surface area contributed by atoms with Crippen molar-refractivity contribution in [3.63, 3.8) is 0 Å². The van der Waals surface area contributed by atoms with Crippen LogP contribution in [0.1, 0.15) is 22.5 Å². The minimum absolute atomic E-state index is 0.0315. The number of hydrogen-bond donors (Lipinski definition) is 0. The van der Waals surface area contributed by atoms with Gasteiger partial charge in [-0.05, 0) is 25.5 Å². The number of alkyl halides is 2. The topological polar surface area (TPSA) is 39.2 Å². The van der Waals surface area contributed by atoms with Gasteiger partial charge in [-0.15, -0.1) is 23.2 Å². The summed E-state index contributed by atoms with van der Waals surface area (Å²) in [6.45, 7) is 2.11. The lowest BCUT2D eigenvalue weighted by Gasteiger charge is -2.08. The molecule has 3 rings (SSSR count). The van der Waals surface area contributed by atoms with Crippen molar-refractivity contribution in [2.24, 2.45) is 5.92 Å². The number of para-hydroxylation sites is 1. The van der Waals surface area contributed by atoms with E-state index in [2.05, 4.69) is 4.98 Å². The van der Waals surface area contributed by atoms with Gasteiger partial charge in [0.25, 0.3) is 0 Å². The lowest BCUT2D eigenvalue weighted by Crippen LogP contribution is -2.11. The number of carbonyl (C=O) groups is 1. The maximum Gasteiger partial charge on any atom is 0.338 e. The molecule has 0 unspecified atom stereocenters. The zero-order valence-electron chi connectivity index (χ0n) is 10.9. The Hall–Kier alpha value is -1.32. The number of halogens is 2. The van der Waals surface area contributed by atoms with Gasteiger partial charge in [0.2, 0.25) is 0 Å². The van der Waals surface area contributed by atoms with Crippen LogP contribution in [0.5, 0.6) is 0 Å². The van der Waals surface area contributed by atoms with Crippen LogP contribution in [0, 0.1) is 12.8 Å². The van der Waals surface area contributed by atoms with Gasteiger partial charge in [0, 0.05) is 17.0 Å². The highest BCUT2D eigenvalue weighted by Crippen LogP contribution is 2.53. The molecule has 1 aromatic heterocycles. The molecule has 20 heavy (non-hydrogen) atoms. The van der Waals surface area contributed by atoms with E-state index in [4.69, 9.17) is 27.9 Å². The third kappa shape index (κ3) is 2.60. The second-order valence-corrected chi connectivity index (χ2v) is 6.63. The first kappa shape index (κ1) is 13.7. The van der Waals surface area contributed by atoms with Gasteiger partial charge < -0.3 is 4.74 Å². The molecule has 2 aromatic rings. The van der Waals surface area contributed by atoms with E-state index in [0.29, 0.717) is 12.0 Å². The van der Waals surface area contributed by atoms with E-state index in [1.807, 2.05) is 31.2 Å². The highest BCUT2D eigenvalue weighted by molar-refractivity contribution is 6.50. The molecule has 0 N–H and O–H groups in total. The van der Waals surface area contributed by atoms with Crippen LogP contribution in [-0.4, -0.2) is 21.9 Å². The molecule has 1 aromatic carbocycles. The van der Waals surface area contributed by atoms with Crippen LogP contribution in [0.3, 0.4) is 0 Å². The Balaban J connectivity index is 1.84. The monoisotopic (exact) mass is 309 g/mol. The molecule has 0 saturated heterocycles. The van der Waals surface area contributed by atoms with E-state index >= 15 is 0 Å². The zero-order chi connectivity index (χ0) is 14.3. The van der Waals surface area contributed by atoms with Crippen molar-refractivity contribution >= 4 is 40.1 Å². The van der Waals surface area contributed by atoms with Crippen molar-refractivity contribution in [2.45, 2.75) is 17.7 Å². The third-order valence-corrected chi connectivity index (χ3v) is 4.36. The number of ether oxygens (including phenoxy) is 1. The molecule has 1 aliphatic carbocycles. The molecule has 1 heterocycles. The van der Waals surface area contributed by atoms with Gasteiger partial charge in [-0.3, -0.25) is 4.98 Å². The van der Waals surface area contributed by atoms with Crippen LogP contribution in [-0.2, 0) is 4.74 Å². The molecule has 1 aliphatic rings. The molecule has 1 atom stereocenters. The van der Waals surface area contributed by atoms with E-state index in [1.54, 1.807) is 6.07 Å². The fourth-order valence-electron chi connectivity index (χ4n) is 2.18. The Labute approximate surface area is 126 Å². The van der Waals surface area contributed by atoms with Crippen LogP contribution in [0.4, 0.5) is 0 Å². The van der Waals surface area contributed by atoms with Crippen LogP contribution < -0.4 is 0 Å². The first-order valence-corrected chi connectivity index (χ1v) is 7.14. The van der Waals surface area contributed by atoms with Crippen molar-refractivity contribution in [3.05, 3.63) is 41.6 Å². The average molecular weight is 310 g/mol. The largest absolute Gasteiger partial charge is 0.462 e. The highest BCUT2D eigenvalue weighted by atomic mass is 35.5. The summed E-state index contributed by atoms with van der Waals surface area (Å²) >= 11 is 11.8. The summed E-state index contributed by atoms with van der Waals surface area (Å²) in [5, 5.41) is 0.793. The molecule has 0 radical (unpaired) electrons. The first-order chi connectivity index (χ1) is 9.47. The van der Waals surface area contributed by atoms with Crippen LogP contribution >= 0.6 is 23.2 Å². The molecule has 5 heteroatoms. The Morgan fingerprint density at radius 3 is 2.85 bits per heavy atom. The number of aromatic nitrogens is 1. The lowest BCUT2D eigenvalue weighted by atomic mass is 10.1. The zero-order valence-corrected chi connectivity index (χ0v) is 12.4. The van der Waals surface area contributed by atoms with Gasteiger partial charge in [-0.2, -0.15) is 0 Å². The van der Waals surface area contributed by atoms with Crippen molar-refractivity contribution in [1.82, 2.24) is 4.98 Å². The lowest BCUT2D eigenvalue weighted by molar-refractivity contribution is 0.0487. The summed E-state index contributed by atoms with van der Waals surface area (Å²) < 4.78 is 4.59. The molecule has 0 bridgehead atoms. The summed E-state index contributed by atoms with van der Waals surface area (Å²) in [6, 6.07) is 9.25. The van der Waals surface area contributed by atoms with Gasteiger partial charge in [-0.25, -0.2) is 4.79 Å². The maximum atomic E-state index is 12.2. The molecule has 1 saturated carbocycles. The molecular formula is C15H13Cl2NO2. The smallest absolute Gasteiger partial charge is 0.338 e. The summed E-state index contributed by atoms with van der Waals surface area (Å²) in [5.74, 6) is -0.327. The van der Waals surface area contributed by atoms with Crippen LogP contribution in [0.25, 0.3) is 10.9 Å². The Morgan fingerprint density at radius 1 is 1.45 bits per heavy atom. The van der Waals surface area contributed by atoms with Crippen LogP contribution in [0.2, 0.25) is 0 Å². The number of esters is 1. The third-order valence-electron chi connectivity index (χ3n) is 3.44. The van der Waals surface area contributed by atoms with E-state index < -0.39 is 4.33 Å². The second kappa shape index (κ2) is 4.90. The van der Waals surface area contributed by atoms with Crippen molar-refractivity contribution in [2.75, 3.05) is 6.61 Å². The summed E-state index contributed by atoms with van der Waals surface area (Å²) in [6.07, 6.45) is 0.666. The van der Waals surface area contributed by atoms with Gasteiger partial charge in [0.15, 0.2) is 0 Å². The standard InChI is InChI=1S/C15H13Cl2NO2/c1-9-6-12(11-4-2-3-5-13(11)18-9)14(19)20-8-10-7-15(10,16)17/h2-6,10H,7-8H2,1H3/t10-/m1/s1. The number of aryl methyl sites for hydroxylation is 1. The Morgan fingerprint density at radius 2 is 2.15 bits per heavy atom. The van der Waals surface area contributed by atoms with E-state index in [-0.39, 0.29) is 18.5 Å². The molecule has 0 amide bonds. The Kier molecular flexibility index (Phi) is 3.35. The SMILES string of the molecule is Cc1cc(C(=O)OC[C@H]2CC2(Cl)Cl)c2ccccc2n1. The van der Waals surface area contributed by atoms with E-state index in [9.17, 15) is 4.79 Å². The molecule has 0 aliphatic heterocycles. The predicted molar refractivity (Wildman–Crippen MR) is 79.3 cm³/mol. The number of nitrogens with zero attached hydrogens (tertiary/aromatic N) is 1. The first-order valence-electron chi connectivity index (χ1n) is 6.39. The van der Waals surface area contributed by atoms with Crippen LogP contribution in [0.15, 0.2) is 30.3 Å². The van der Waals surface area contributed by atoms with Gasteiger partial charge in [-0.1, -0.05) is 18.2 Å². The quantitative estimate of drug-likeness (QED) is 0.637. The molecular weight excluding hydrogens is 297 g/mol. The van der Waals surface area contributed by atoms with Crippen molar-refractivity contribution in [3.8, 4) is 0 Å². The number of fused-ring (bicyclic) bond motifs is 1. The molecule has 3 nitrogen and oxygen atoms in total. The number of pyridine rings is 1. The fraction of sp³-hybridized carbons (Fsp3) is 0.333. The molecule has 1 fully saturated rings. The minimum Gasteiger partial charge on any atom is -0.462 e. The number of rotatable bonds is 3. The molecule has 0 spiro atoms. The highest BCUT2D eigenvalue weighted by Gasteiger charge is 2.52. The fourth-order valence-corrected chi connectivity index (χ4v) is 2.68. The predicted octanol–water partition coefficient (Wildman–Crippen LogP) is 3.89. The van der Waals surface area contributed by atoms with Crippen molar-refractivity contribution in [1.29, 1.82) is 0 Å². The maximum absolute atomic E-state index is 12.2. The second-order valence-electron chi connectivity index (χ2n) is 5.09. The van der Waals surface area contributed by atoms with Crippen molar-refractivity contribution < 1.29 is 9.53 Å². The number of carbonyl (C=O) groups excluding carboxylic acids is 1. The normalized spacial score (nSPS) is 19.9. The number of hydrogen-bond acceptors (Lipinski definition) is 3. The van der Waals surface area contributed by atoms with E-state index in [0.717, 1.165) is 16.6 Å². The number of benzene rings is 1. The Bertz CT molecular complexity index is 685. The average Bonchev–Trinajstić information content (AvgIpc) is 3.02. The minimum atomic E-state index is -0.726.